The summed E-state index contributed by atoms with van der Waals surface area (Å²) in [5.41, 5.74) is 6.62. The van der Waals surface area contributed by atoms with Crippen LogP contribution in [0.15, 0.2) is 42.7 Å². The van der Waals surface area contributed by atoms with Crippen molar-refractivity contribution in [2.45, 2.75) is 32.2 Å². The van der Waals surface area contributed by atoms with Gasteiger partial charge in [0.05, 0.1) is 7.11 Å². The third kappa shape index (κ3) is 4.55. The maximum atomic E-state index is 5.71. The van der Waals surface area contributed by atoms with Gasteiger partial charge in [-0.2, -0.15) is 0 Å². The molecule has 112 valence electrons. The summed E-state index contributed by atoms with van der Waals surface area (Å²) in [6.07, 6.45) is 6.45. The molecule has 1 heterocycles. The van der Waals surface area contributed by atoms with E-state index in [9.17, 15) is 0 Å². The molecular formula is C17H23N3O. The zero-order valence-electron chi connectivity index (χ0n) is 12.7. The molecule has 2 aromatic rings. The number of methoxy groups -OCH3 is 1. The lowest BCUT2D eigenvalue weighted by atomic mass is 9.98. The number of pyridine rings is 1. The Bertz CT molecular complexity index is 557. The Balaban J connectivity index is 2.00. The van der Waals surface area contributed by atoms with Gasteiger partial charge in [0.2, 0.25) is 0 Å². The molecule has 1 atom stereocenters. The van der Waals surface area contributed by atoms with E-state index in [2.05, 4.69) is 29.5 Å². The fourth-order valence-corrected chi connectivity index (χ4v) is 2.47. The molecule has 0 saturated carbocycles. The van der Waals surface area contributed by atoms with E-state index in [1.54, 1.807) is 7.11 Å². The fourth-order valence-electron chi connectivity index (χ4n) is 2.47. The first kappa shape index (κ1) is 15.5. The normalized spacial score (nSPS) is 12.1. The molecular weight excluding hydrogens is 262 g/mol. The maximum absolute atomic E-state index is 5.71. The van der Waals surface area contributed by atoms with Crippen molar-refractivity contribution in [2.24, 2.45) is 5.84 Å². The predicted molar refractivity (Wildman–Crippen MR) is 85.1 cm³/mol. The van der Waals surface area contributed by atoms with Gasteiger partial charge in [-0.3, -0.25) is 16.3 Å². The minimum atomic E-state index is 0.217. The van der Waals surface area contributed by atoms with Gasteiger partial charge in [0.25, 0.3) is 0 Å². The highest BCUT2D eigenvalue weighted by atomic mass is 16.5. The molecule has 0 spiro atoms. The molecule has 4 nitrogen and oxygen atoms in total. The van der Waals surface area contributed by atoms with Crippen LogP contribution in [0.4, 0.5) is 0 Å². The van der Waals surface area contributed by atoms with Crippen molar-refractivity contribution < 1.29 is 4.74 Å². The van der Waals surface area contributed by atoms with E-state index >= 15 is 0 Å². The molecule has 0 aliphatic rings. The number of nitrogens with two attached hydrogens (primary N) is 1. The van der Waals surface area contributed by atoms with Gasteiger partial charge >= 0.3 is 0 Å². The smallest absolute Gasteiger partial charge is 0.122 e. The number of hydrazine groups is 1. The van der Waals surface area contributed by atoms with Crippen LogP contribution in [0.1, 0.15) is 23.1 Å². The summed E-state index contributed by atoms with van der Waals surface area (Å²) in [4.78, 5) is 4.04. The Morgan fingerprint density at radius 1 is 1.24 bits per heavy atom. The maximum Gasteiger partial charge on any atom is 0.122 e. The van der Waals surface area contributed by atoms with E-state index in [4.69, 9.17) is 10.6 Å². The van der Waals surface area contributed by atoms with Gasteiger partial charge in [-0.15, -0.1) is 0 Å². The molecule has 1 unspecified atom stereocenters. The van der Waals surface area contributed by atoms with E-state index in [-0.39, 0.29) is 6.04 Å². The minimum absolute atomic E-state index is 0.217. The highest BCUT2D eigenvalue weighted by molar-refractivity contribution is 5.37. The highest BCUT2D eigenvalue weighted by Crippen LogP contribution is 2.22. The predicted octanol–water partition coefficient (Wildman–Crippen LogP) is 2.41. The summed E-state index contributed by atoms with van der Waals surface area (Å²) < 4.78 is 5.43. The quantitative estimate of drug-likeness (QED) is 0.606. The molecule has 0 aliphatic heterocycles. The van der Waals surface area contributed by atoms with Crippen LogP contribution in [0.25, 0.3) is 0 Å². The lowest BCUT2D eigenvalue weighted by Gasteiger charge is -2.18. The standard InChI is InChI=1S/C17H23N3O/c1-13-3-6-17(21-2)15(11-13)12-16(20-18)5-4-14-7-9-19-10-8-14/h3,6-11,16,20H,4-5,12,18H2,1-2H3. The lowest BCUT2D eigenvalue weighted by molar-refractivity contribution is 0.403. The number of hydrogen-bond acceptors (Lipinski definition) is 4. The van der Waals surface area contributed by atoms with E-state index in [1.165, 1.54) is 16.7 Å². The van der Waals surface area contributed by atoms with Crippen LogP contribution >= 0.6 is 0 Å². The monoisotopic (exact) mass is 285 g/mol. The van der Waals surface area contributed by atoms with Crippen molar-refractivity contribution in [3.63, 3.8) is 0 Å². The highest BCUT2D eigenvalue weighted by Gasteiger charge is 2.12. The zero-order valence-corrected chi connectivity index (χ0v) is 12.7. The molecule has 0 saturated heterocycles. The van der Waals surface area contributed by atoms with Crippen molar-refractivity contribution in [1.82, 2.24) is 10.4 Å². The lowest BCUT2D eigenvalue weighted by Crippen LogP contribution is -2.37. The van der Waals surface area contributed by atoms with Crippen LogP contribution in [0.3, 0.4) is 0 Å². The number of rotatable bonds is 7. The Hall–Kier alpha value is -1.91. The van der Waals surface area contributed by atoms with Crippen molar-refractivity contribution >= 4 is 0 Å². The number of benzene rings is 1. The van der Waals surface area contributed by atoms with Crippen LogP contribution in [-0.4, -0.2) is 18.1 Å². The van der Waals surface area contributed by atoms with Crippen LogP contribution in [0.5, 0.6) is 5.75 Å². The minimum Gasteiger partial charge on any atom is -0.496 e. The second-order valence-electron chi connectivity index (χ2n) is 5.28. The Kier molecular flexibility index (Phi) is 5.72. The Morgan fingerprint density at radius 3 is 2.67 bits per heavy atom. The summed E-state index contributed by atoms with van der Waals surface area (Å²) in [6, 6.07) is 10.5. The topological polar surface area (TPSA) is 60.2 Å². The molecule has 0 amide bonds. The van der Waals surface area contributed by atoms with Crippen molar-refractivity contribution in [1.29, 1.82) is 0 Å². The van der Waals surface area contributed by atoms with Gasteiger partial charge in [0.1, 0.15) is 5.75 Å². The fraction of sp³-hybridized carbons (Fsp3) is 0.353. The summed E-state index contributed by atoms with van der Waals surface area (Å²) in [7, 11) is 1.70. The van der Waals surface area contributed by atoms with Crippen LogP contribution in [0.2, 0.25) is 0 Å². The van der Waals surface area contributed by atoms with E-state index in [1.807, 2.05) is 30.6 Å². The average molecular weight is 285 g/mol. The molecule has 0 bridgehead atoms. The number of aryl methyl sites for hydroxylation is 2. The van der Waals surface area contributed by atoms with Crippen LogP contribution in [-0.2, 0) is 12.8 Å². The first-order valence-corrected chi connectivity index (χ1v) is 7.21. The van der Waals surface area contributed by atoms with E-state index in [0.29, 0.717) is 0 Å². The molecule has 1 aromatic heterocycles. The SMILES string of the molecule is COc1ccc(C)cc1CC(CCc1ccncc1)NN. The zero-order chi connectivity index (χ0) is 15.1. The summed E-state index contributed by atoms with van der Waals surface area (Å²) in [5, 5.41) is 0. The summed E-state index contributed by atoms with van der Waals surface area (Å²) in [5.74, 6) is 6.63. The third-order valence-corrected chi connectivity index (χ3v) is 3.67. The van der Waals surface area contributed by atoms with Gasteiger partial charge in [-0.25, -0.2) is 0 Å². The largest absolute Gasteiger partial charge is 0.496 e. The molecule has 4 heteroatoms. The number of nitrogens with zero attached hydrogens (tertiary/aromatic N) is 1. The molecule has 1 aromatic carbocycles. The average Bonchev–Trinajstić information content (AvgIpc) is 2.52. The number of hydrogen-bond donors (Lipinski definition) is 2. The number of nitrogens with one attached hydrogen (secondary N) is 1. The molecule has 2 rings (SSSR count). The number of aromatic nitrogens is 1. The van der Waals surface area contributed by atoms with E-state index < -0.39 is 0 Å². The van der Waals surface area contributed by atoms with Gasteiger partial charge in [0, 0.05) is 18.4 Å². The summed E-state index contributed by atoms with van der Waals surface area (Å²) >= 11 is 0. The molecule has 0 radical (unpaired) electrons. The molecule has 0 fully saturated rings. The van der Waals surface area contributed by atoms with Gasteiger partial charge in [-0.05, 0) is 55.5 Å². The van der Waals surface area contributed by atoms with Crippen LogP contribution < -0.4 is 16.0 Å². The first-order chi connectivity index (χ1) is 10.2. The second-order valence-corrected chi connectivity index (χ2v) is 5.28. The molecule has 21 heavy (non-hydrogen) atoms. The number of ether oxygens (including phenoxy) is 1. The summed E-state index contributed by atoms with van der Waals surface area (Å²) in [6.45, 7) is 2.09. The van der Waals surface area contributed by atoms with Crippen molar-refractivity contribution in [2.75, 3.05) is 7.11 Å². The first-order valence-electron chi connectivity index (χ1n) is 7.21. The van der Waals surface area contributed by atoms with Gasteiger partial charge in [0.15, 0.2) is 0 Å². The van der Waals surface area contributed by atoms with E-state index in [0.717, 1.165) is 25.0 Å². The van der Waals surface area contributed by atoms with Crippen molar-refractivity contribution in [3.05, 3.63) is 59.4 Å². The molecule has 0 aliphatic carbocycles. The van der Waals surface area contributed by atoms with Gasteiger partial charge in [-0.1, -0.05) is 17.7 Å². The third-order valence-electron chi connectivity index (χ3n) is 3.67. The second kappa shape index (κ2) is 7.76. The molecule has 3 N–H and O–H groups in total. The Morgan fingerprint density at radius 2 is 2.00 bits per heavy atom. The van der Waals surface area contributed by atoms with Crippen molar-refractivity contribution in [3.8, 4) is 5.75 Å². The van der Waals surface area contributed by atoms with Gasteiger partial charge < -0.3 is 4.74 Å². The van der Waals surface area contributed by atoms with Crippen LogP contribution in [0, 0.1) is 6.92 Å². The Labute approximate surface area is 126 Å².